The van der Waals surface area contributed by atoms with Gasteiger partial charge in [-0.05, 0) is 17.7 Å². The number of likely N-dealkylation sites (tertiary alicyclic amines) is 2. The van der Waals surface area contributed by atoms with Gasteiger partial charge >= 0.3 is 0 Å². The van der Waals surface area contributed by atoms with E-state index in [4.69, 9.17) is 9.47 Å². The summed E-state index contributed by atoms with van der Waals surface area (Å²) in [6, 6.07) is 7.88. The van der Waals surface area contributed by atoms with Gasteiger partial charge in [0.25, 0.3) is 0 Å². The van der Waals surface area contributed by atoms with E-state index in [0.29, 0.717) is 26.2 Å². The molecule has 124 valence electrons. The lowest BCUT2D eigenvalue weighted by atomic mass is 10.00. The van der Waals surface area contributed by atoms with E-state index in [9.17, 15) is 9.59 Å². The highest BCUT2D eigenvalue weighted by atomic mass is 16.5. The van der Waals surface area contributed by atoms with E-state index >= 15 is 0 Å². The number of imide groups is 1. The lowest BCUT2D eigenvalue weighted by molar-refractivity contribution is -0.141. The van der Waals surface area contributed by atoms with Crippen LogP contribution < -0.4 is 4.74 Å². The number of carbonyl (C=O) groups is 2. The first-order valence-corrected chi connectivity index (χ1v) is 7.83. The molecule has 6 nitrogen and oxygen atoms in total. The van der Waals surface area contributed by atoms with Crippen LogP contribution in [0.4, 0.5) is 0 Å². The molecule has 0 aromatic heterocycles. The largest absolute Gasteiger partial charge is 0.497 e. The molecule has 3 rings (SSSR count). The number of nitrogens with zero attached hydrogens (tertiary/aromatic N) is 2. The summed E-state index contributed by atoms with van der Waals surface area (Å²) in [7, 11) is 3.22. The third-order valence-corrected chi connectivity index (χ3v) is 4.62. The number of methoxy groups -OCH3 is 2. The molecule has 2 unspecified atom stereocenters. The Morgan fingerprint density at radius 2 is 1.83 bits per heavy atom. The molecule has 2 heterocycles. The van der Waals surface area contributed by atoms with E-state index in [1.165, 1.54) is 4.90 Å². The van der Waals surface area contributed by atoms with Crippen molar-refractivity contribution in [1.82, 2.24) is 9.80 Å². The average molecular weight is 318 g/mol. The molecule has 2 aliphatic rings. The molecule has 0 aliphatic carbocycles. The van der Waals surface area contributed by atoms with Gasteiger partial charge in [-0.15, -0.1) is 0 Å². The third kappa shape index (κ3) is 3.09. The highest BCUT2D eigenvalue weighted by Crippen LogP contribution is 2.34. The zero-order valence-electron chi connectivity index (χ0n) is 13.5. The number of benzene rings is 1. The van der Waals surface area contributed by atoms with Crippen molar-refractivity contribution in [3.8, 4) is 5.75 Å². The van der Waals surface area contributed by atoms with E-state index in [0.717, 1.165) is 17.9 Å². The monoisotopic (exact) mass is 318 g/mol. The van der Waals surface area contributed by atoms with Crippen LogP contribution in [-0.4, -0.2) is 62.1 Å². The minimum atomic E-state index is -0.204. The first-order valence-electron chi connectivity index (χ1n) is 7.83. The van der Waals surface area contributed by atoms with E-state index in [2.05, 4.69) is 4.90 Å². The molecule has 0 saturated carbocycles. The first-order chi connectivity index (χ1) is 11.1. The number of hydrogen-bond acceptors (Lipinski definition) is 5. The highest BCUT2D eigenvalue weighted by Gasteiger charge is 2.51. The Kier molecular flexibility index (Phi) is 4.63. The topological polar surface area (TPSA) is 59.1 Å². The number of amides is 2. The first kappa shape index (κ1) is 16.0. The van der Waals surface area contributed by atoms with Crippen molar-refractivity contribution in [1.29, 1.82) is 0 Å². The Morgan fingerprint density at radius 1 is 1.13 bits per heavy atom. The molecule has 23 heavy (non-hydrogen) atoms. The van der Waals surface area contributed by atoms with E-state index < -0.39 is 0 Å². The van der Waals surface area contributed by atoms with Crippen LogP contribution >= 0.6 is 0 Å². The predicted octanol–water partition coefficient (Wildman–Crippen LogP) is 0.758. The van der Waals surface area contributed by atoms with Crippen molar-refractivity contribution >= 4 is 11.8 Å². The number of ether oxygens (including phenoxy) is 2. The second-order valence-corrected chi connectivity index (χ2v) is 6.08. The number of carbonyl (C=O) groups excluding carboxylic acids is 2. The summed E-state index contributed by atoms with van der Waals surface area (Å²) in [5.41, 5.74) is 1.13. The molecule has 6 heteroatoms. The van der Waals surface area contributed by atoms with Crippen LogP contribution in [0, 0.1) is 11.8 Å². The molecular formula is C17H22N2O4. The van der Waals surface area contributed by atoms with Crippen molar-refractivity contribution in [2.24, 2.45) is 11.8 Å². The maximum Gasteiger partial charge on any atom is 0.234 e. The molecule has 1 aromatic rings. The molecule has 1 aromatic carbocycles. The normalized spacial score (nSPS) is 24.3. The van der Waals surface area contributed by atoms with Crippen LogP contribution in [0.15, 0.2) is 24.3 Å². The summed E-state index contributed by atoms with van der Waals surface area (Å²) in [6.45, 7) is 2.75. The zero-order valence-corrected chi connectivity index (χ0v) is 13.5. The fourth-order valence-corrected chi connectivity index (χ4v) is 3.46. The molecule has 0 bridgehead atoms. The summed E-state index contributed by atoms with van der Waals surface area (Å²) in [5.74, 6) is 0.310. The lowest BCUT2D eigenvalue weighted by Crippen LogP contribution is -2.37. The van der Waals surface area contributed by atoms with Crippen LogP contribution in [0.1, 0.15) is 5.56 Å². The number of hydrogen-bond donors (Lipinski definition) is 0. The predicted molar refractivity (Wildman–Crippen MR) is 83.8 cm³/mol. The molecule has 2 fully saturated rings. The second-order valence-electron chi connectivity index (χ2n) is 6.08. The Bertz CT molecular complexity index is 580. The van der Waals surface area contributed by atoms with Gasteiger partial charge in [0, 0.05) is 26.7 Å². The molecular weight excluding hydrogens is 296 g/mol. The average Bonchev–Trinajstić information content (AvgIpc) is 3.06. The van der Waals surface area contributed by atoms with Gasteiger partial charge in [-0.2, -0.15) is 0 Å². The second kappa shape index (κ2) is 6.68. The maximum atomic E-state index is 12.4. The number of rotatable bonds is 6. The maximum absolute atomic E-state index is 12.4. The molecule has 2 amide bonds. The minimum absolute atomic E-state index is 0.0507. The Labute approximate surface area is 136 Å². The Balaban J connectivity index is 1.64. The van der Waals surface area contributed by atoms with Gasteiger partial charge in [0.2, 0.25) is 11.8 Å². The fourth-order valence-electron chi connectivity index (χ4n) is 3.46. The van der Waals surface area contributed by atoms with Gasteiger partial charge in [-0.3, -0.25) is 19.4 Å². The summed E-state index contributed by atoms with van der Waals surface area (Å²) in [5, 5.41) is 0. The van der Waals surface area contributed by atoms with E-state index in [-0.39, 0.29) is 23.7 Å². The lowest BCUT2D eigenvalue weighted by Gasteiger charge is -2.20. The van der Waals surface area contributed by atoms with E-state index in [1.807, 2.05) is 24.3 Å². The Hall–Kier alpha value is -1.92. The zero-order chi connectivity index (χ0) is 16.4. The Morgan fingerprint density at radius 3 is 2.43 bits per heavy atom. The SMILES string of the molecule is COCCN1C(=O)C2CN(Cc3cccc(OC)c3)CC2C1=O. The fraction of sp³-hybridized carbons (Fsp3) is 0.529. The van der Waals surface area contributed by atoms with Crippen molar-refractivity contribution < 1.29 is 19.1 Å². The van der Waals surface area contributed by atoms with Crippen LogP contribution in [-0.2, 0) is 20.9 Å². The van der Waals surface area contributed by atoms with Crippen LogP contribution in [0.5, 0.6) is 5.75 Å². The molecule has 0 radical (unpaired) electrons. The highest BCUT2D eigenvalue weighted by molar-refractivity contribution is 6.05. The molecule has 2 saturated heterocycles. The van der Waals surface area contributed by atoms with Crippen molar-refractivity contribution in [3.63, 3.8) is 0 Å². The van der Waals surface area contributed by atoms with Crippen LogP contribution in [0.25, 0.3) is 0 Å². The van der Waals surface area contributed by atoms with Crippen molar-refractivity contribution in [2.45, 2.75) is 6.54 Å². The molecule has 2 aliphatic heterocycles. The van der Waals surface area contributed by atoms with Crippen LogP contribution in [0.2, 0.25) is 0 Å². The van der Waals surface area contributed by atoms with E-state index in [1.54, 1.807) is 14.2 Å². The molecule has 0 N–H and O–H groups in total. The summed E-state index contributed by atoms with van der Waals surface area (Å²) in [6.07, 6.45) is 0. The van der Waals surface area contributed by atoms with Gasteiger partial charge < -0.3 is 9.47 Å². The number of fused-ring (bicyclic) bond motifs is 1. The van der Waals surface area contributed by atoms with Crippen molar-refractivity contribution in [3.05, 3.63) is 29.8 Å². The smallest absolute Gasteiger partial charge is 0.234 e. The summed E-state index contributed by atoms with van der Waals surface area (Å²) in [4.78, 5) is 28.3. The van der Waals surface area contributed by atoms with Gasteiger partial charge in [0.1, 0.15) is 5.75 Å². The van der Waals surface area contributed by atoms with Gasteiger partial charge in [-0.1, -0.05) is 12.1 Å². The standard InChI is InChI=1S/C17H22N2O4/c1-22-7-6-19-16(20)14-10-18(11-15(14)17(19)21)9-12-4-3-5-13(8-12)23-2/h3-5,8,14-15H,6-7,9-11H2,1-2H3. The van der Waals surface area contributed by atoms with Crippen molar-refractivity contribution in [2.75, 3.05) is 40.5 Å². The molecule has 0 spiro atoms. The van der Waals surface area contributed by atoms with Gasteiger partial charge in [0.05, 0.1) is 32.1 Å². The minimum Gasteiger partial charge on any atom is -0.497 e. The quantitative estimate of drug-likeness (QED) is 0.725. The summed E-state index contributed by atoms with van der Waals surface area (Å²) < 4.78 is 10.2. The molecule has 2 atom stereocenters. The van der Waals surface area contributed by atoms with Gasteiger partial charge in [-0.25, -0.2) is 0 Å². The third-order valence-electron chi connectivity index (χ3n) is 4.62. The van der Waals surface area contributed by atoms with Gasteiger partial charge in [0.15, 0.2) is 0 Å². The summed E-state index contributed by atoms with van der Waals surface area (Å²) >= 11 is 0. The van der Waals surface area contributed by atoms with Crippen LogP contribution in [0.3, 0.4) is 0 Å².